The second kappa shape index (κ2) is 4.09. The van der Waals surface area contributed by atoms with Gasteiger partial charge < -0.3 is 5.11 Å². The van der Waals surface area contributed by atoms with E-state index in [4.69, 9.17) is 5.11 Å². The number of carboxylic acids is 1. The number of alkyl halides is 1. The van der Waals surface area contributed by atoms with E-state index in [1.807, 2.05) is 0 Å². The Morgan fingerprint density at radius 3 is 2.65 bits per heavy atom. The van der Waals surface area contributed by atoms with Gasteiger partial charge >= 0.3 is 5.97 Å². The quantitative estimate of drug-likeness (QED) is 0.876. The third kappa shape index (κ3) is 2.16. The van der Waals surface area contributed by atoms with Crippen LogP contribution in [-0.4, -0.2) is 11.1 Å². The Balaban J connectivity index is 2.45. The highest BCUT2D eigenvalue weighted by molar-refractivity contribution is 5.70. The molecular weight excluding hydrogens is 226 g/mol. The molecule has 17 heavy (non-hydrogen) atoms. The predicted molar refractivity (Wildman–Crippen MR) is 59.1 cm³/mol. The van der Waals surface area contributed by atoms with Crippen LogP contribution in [0.15, 0.2) is 18.2 Å². The molecule has 1 saturated carbocycles. The predicted octanol–water partition coefficient (Wildman–Crippen LogP) is 3.36. The Hall–Kier alpha value is -1.45. The molecule has 0 amide bonds. The molecule has 1 aromatic carbocycles. The van der Waals surface area contributed by atoms with E-state index in [0.29, 0.717) is 18.4 Å². The van der Waals surface area contributed by atoms with Crippen LogP contribution in [0.2, 0.25) is 0 Å². The molecule has 1 unspecified atom stereocenters. The minimum absolute atomic E-state index is 0.0197. The van der Waals surface area contributed by atoms with Crippen LogP contribution in [0.3, 0.4) is 0 Å². The van der Waals surface area contributed by atoms with Crippen LogP contribution in [-0.2, 0) is 10.2 Å². The average molecular weight is 240 g/mol. The van der Waals surface area contributed by atoms with Gasteiger partial charge in [-0.1, -0.05) is 12.1 Å². The smallest absolute Gasteiger partial charge is 0.304 e. The lowest BCUT2D eigenvalue weighted by molar-refractivity contribution is -0.137. The van der Waals surface area contributed by atoms with Gasteiger partial charge in [-0.2, -0.15) is 0 Å². The number of benzene rings is 1. The number of halogens is 2. The molecular formula is C13H14F2O2. The maximum atomic E-state index is 13.6. The highest BCUT2D eigenvalue weighted by atomic mass is 19.1. The van der Waals surface area contributed by atoms with Gasteiger partial charge in [0.15, 0.2) is 0 Å². The van der Waals surface area contributed by atoms with Gasteiger partial charge in [0.2, 0.25) is 0 Å². The molecule has 92 valence electrons. The van der Waals surface area contributed by atoms with Gasteiger partial charge in [-0.05, 0) is 31.4 Å². The van der Waals surface area contributed by atoms with Gasteiger partial charge in [-0.3, -0.25) is 4.79 Å². The van der Waals surface area contributed by atoms with E-state index in [-0.39, 0.29) is 12.0 Å². The molecule has 0 spiro atoms. The van der Waals surface area contributed by atoms with Gasteiger partial charge in [0.05, 0.1) is 6.42 Å². The lowest BCUT2D eigenvalue weighted by Gasteiger charge is -2.19. The van der Waals surface area contributed by atoms with E-state index in [1.54, 1.807) is 6.07 Å². The largest absolute Gasteiger partial charge is 0.481 e. The third-order valence-electron chi connectivity index (χ3n) is 3.37. The summed E-state index contributed by atoms with van der Waals surface area (Å²) in [6.45, 7) is 1.28. The summed E-state index contributed by atoms with van der Waals surface area (Å²) in [6.07, 6.45) is -0.112. The van der Waals surface area contributed by atoms with Crippen molar-refractivity contribution in [1.82, 2.24) is 0 Å². The average Bonchev–Trinajstić information content (AvgIpc) is 2.96. The van der Waals surface area contributed by atoms with Crippen molar-refractivity contribution in [2.75, 3.05) is 0 Å². The first-order valence-electron chi connectivity index (χ1n) is 5.61. The van der Waals surface area contributed by atoms with Crippen LogP contribution in [0.4, 0.5) is 8.78 Å². The van der Waals surface area contributed by atoms with Crippen LogP contribution in [0.1, 0.15) is 43.5 Å². The zero-order valence-electron chi connectivity index (χ0n) is 9.54. The Labute approximate surface area is 98.3 Å². The Kier molecular flexibility index (Phi) is 2.89. The van der Waals surface area contributed by atoms with E-state index >= 15 is 0 Å². The second-order valence-electron chi connectivity index (χ2n) is 4.67. The van der Waals surface area contributed by atoms with Crippen molar-refractivity contribution in [3.63, 3.8) is 0 Å². The lowest BCUT2D eigenvalue weighted by Crippen LogP contribution is -2.16. The minimum atomic E-state index is -1.42. The fraction of sp³-hybridized carbons (Fsp3) is 0.462. The Morgan fingerprint density at radius 2 is 2.18 bits per heavy atom. The Morgan fingerprint density at radius 1 is 1.53 bits per heavy atom. The first-order chi connectivity index (χ1) is 7.96. The topological polar surface area (TPSA) is 37.3 Å². The fourth-order valence-corrected chi connectivity index (χ4v) is 2.39. The van der Waals surface area contributed by atoms with Crippen molar-refractivity contribution in [2.45, 2.75) is 37.8 Å². The van der Waals surface area contributed by atoms with Crippen molar-refractivity contribution in [1.29, 1.82) is 0 Å². The molecule has 1 atom stereocenters. The molecule has 2 rings (SSSR count). The van der Waals surface area contributed by atoms with E-state index in [0.717, 1.165) is 0 Å². The molecule has 1 fully saturated rings. The first kappa shape index (κ1) is 12.0. The van der Waals surface area contributed by atoms with Crippen LogP contribution < -0.4 is 0 Å². The summed E-state index contributed by atoms with van der Waals surface area (Å²) in [4.78, 5) is 10.8. The number of hydrogen-bond acceptors (Lipinski definition) is 1. The van der Waals surface area contributed by atoms with Gasteiger partial charge in [-0.15, -0.1) is 0 Å². The molecule has 0 aliphatic heterocycles. The summed E-state index contributed by atoms with van der Waals surface area (Å²) in [6, 6.07) is 4.37. The summed E-state index contributed by atoms with van der Waals surface area (Å²) in [5, 5.41) is 8.86. The van der Waals surface area contributed by atoms with Gasteiger partial charge in [0.1, 0.15) is 12.0 Å². The molecule has 0 saturated heterocycles. The molecule has 1 aliphatic rings. The second-order valence-corrected chi connectivity index (χ2v) is 4.67. The zero-order valence-corrected chi connectivity index (χ0v) is 9.54. The molecule has 1 aromatic rings. The standard InChI is InChI=1S/C13H14F2O2/c1-8(14)12-9(3-2-4-10(12)15)13(5-6-13)7-11(16)17/h2-4,8H,5-7H2,1H3,(H,16,17). The van der Waals surface area contributed by atoms with E-state index < -0.39 is 23.4 Å². The van der Waals surface area contributed by atoms with Gasteiger partial charge in [0.25, 0.3) is 0 Å². The molecule has 1 N–H and O–H groups in total. The zero-order chi connectivity index (χ0) is 12.6. The number of carbonyl (C=O) groups is 1. The van der Waals surface area contributed by atoms with Crippen molar-refractivity contribution in [3.8, 4) is 0 Å². The van der Waals surface area contributed by atoms with E-state index in [9.17, 15) is 13.6 Å². The van der Waals surface area contributed by atoms with E-state index in [2.05, 4.69) is 0 Å². The molecule has 0 radical (unpaired) electrons. The molecule has 1 aliphatic carbocycles. The van der Waals surface area contributed by atoms with Gasteiger partial charge in [-0.25, -0.2) is 8.78 Å². The van der Waals surface area contributed by atoms with Crippen LogP contribution >= 0.6 is 0 Å². The van der Waals surface area contributed by atoms with Crippen LogP contribution in [0, 0.1) is 5.82 Å². The van der Waals surface area contributed by atoms with Crippen molar-refractivity contribution in [2.24, 2.45) is 0 Å². The van der Waals surface area contributed by atoms with Crippen molar-refractivity contribution >= 4 is 5.97 Å². The first-order valence-corrected chi connectivity index (χ1v) is 5.61. The minimum Gasteiger partial charge on any atom is -0.481 e. The van der Waals surface area contributed by atoms with Crippen LogP contribution in [0.25, 0.3) is 0 Å². The molecule has 0 bridgehead atoms. The monoisotopic (exact) mass is 240 g/mol. The SMILES string of the molecule is CC(F)c1c(F)cccc1C1(CC(=O)O)CC1. The summed E-state index contributed by atoms with van der Waals surface area (Å²) in [5.41, 5.74) is -0.00924. The highest BCUT2D eigenvalue weighted by Crippen LogP contribution is 2.53. The number of carboxylic acid groups (broad SMARTS) is 1. The molecule has 0 heterocycles. The van der Waals surface area contributed by atoms with Crippen molar-refractivity contribution < 1.29 is 18.7 Å². The van der Waals surface area contributed by atoms with E-state index in [1.165, 1.54) is 19.1 Å². The number of aliphatic carboxylic acids is 1. The van der Waals surface area contributed by atoms with Gasteiger partial charge in [0, 0.05) is 11.0 Å². The maximum absolute atomic E-state index is 13.6. The third-order valence-corrected chi connectivity index (χ3v) is 3.37. The summed E-state index contributed by atoms with van der Waals surface area (Å²) < 4.78 is 27.1. The number of hydrogen-bond donors (Lipinski definition) is 1. The molecule has 0 aromatic heterocycles. The van der Waals surface area contributed by atoms with Crippen LogP contribution in [0.5, 0.6) is 0 Å². The highest BCUT2D eigenvalue weighted by Gasteiger charge is 2.48. The molecule has 4 heteroatoms. The maximum Gasteiger partial charge on any atom is 0.304 e. The fourth-order valence-electron chi connectivity index (χ4n) is 2.39. The molecule has 2 nitrogen and oxygen atoms in total. The lowest BCUT2D eigenvalue weighted by atomic mass is 9.87. The Bertz CT molecular complexity index is 451. The summed E-state index contributed by atoms with van der Waals surface area (Å²) in [5.74, 6) is -1.52. The normalized spacial score (nSPS) is 18.8. The van der Waals surface area contributed by atoms with Crippen molar-refractivity contribution in [3.05, 3.63) is 35.1 Å². The number of rotatable bonds is 4. The summed E-state index contributed by atoms with van der Waals surface area (Å²) >= 11 is 0. The summed E-state index contributed by atoms with van der Waals surface area (Å²) in [7, 11) is 0.